The first-order valence-electron chi connectivity index (χ1n) is 18.9. The number of carboxylic acid groups (broad SMARTS) is 1. The summed E-state index contributed by atoms with van der Waals surface area (Å²) in [5.74, 6) is -4.70. The van der Waals surface area contributed by atoms with Crippen molar-refractivity contribution in [3.8, 4) is 0 Å². The molecular weight excluding hydrogens is 688 g/mol. The monoisotopic (exact) mass is 755 g/mol. The standard InChI is InChI=1S/C34H66N12O7/c1-21(2)27(33(52)53)46-32(51)25(13-5-8-18-37)44-31(50)26(15-10-20-41-34(38)39)45-30(49)24(12-4-7-17-36)43-29(48)23(11-3-6-16-35)42-28(47)22-14-9-19-40-22/h21-27,40H,3-20,35-37H2,1-2H3,(H,42,47)(H,43,48)(H,44,50)(H,45,49)(H,46,51)(H,52,53)(H4,38,39,41)/t22-,23-,24-,25-,26-,27-/m0/s1. The number of nitrogens with zero attached hydrogens (tertiary/aromatic N) is 1. The molecular formula is C34H66N12O7. The highest BCUT2D eigenvalue weighted by molar-refractivity contribution is 5.96. The number of carbonyl (C=O) groups excluding carboxylic acids is 5. The quantitative estimate of drug-likeness (QED) is 0.0221. The predicted molar refractivity (Wildman–Crippen MR) is 202 cm³/mol. The number of rotatable bonds is 28. The van der Waals surface area contributed by atoms with Crippen LogP contribution >= 0.6 is 0 Å². The van der Waals surface area contributed by atoms with Gasteiger partial charge >= 0.3 is 5.97 Å². The van der Waals surface area contributed by atoms with Crippen LogP contribution < -0.4 is 60.6 Å². The average Bonchev–Trinajstić information content (AvgIpc) is 3.65. The molecule has 0 spiro atoms. The Morgan fingerprint density at radius 2 is 1.08 bits per heavy atom. The molecule has 1 aliphatic heterocycles. The van der Waals surface area contributed by atoms with Gasteiger partial charge < -0.3 is 65.7 Å². The number of aliphatic imine (C=N–C) groups is 1. The molecule has 0 aliphatic carbocycles. The highest BCUT2D eigenvalue weighted by atomic mass is 16.4. The van der Waals surface area contributed by atoms with E-state index >= 15 is 0 Å². The van der Waals surface area contributed by atoms with E-state index in [1.165, 1.54) is 0 Å². The van der Waals surface area contributed by atoms with Gasteiger partial charge in [0.1, 0.15) is 30.2 Å². The number of carboxylic acids is 1. The summed E-state index contributed by atoms with van der Waals surface area (Å²) in [5.41, 5.74) is 27.9. The number of nitrogens with two attached hydrogens (primary N) is 5. The van der Waals surface area contributed by atoms with Crippen molar-refractivity contribution in [3.63, 3.8) is 0 Å². The maximum absolute atomic E-state index is 13.9. The molecule has 1 aliphatic rings. The Balaban J connectivity index is 3.30. The van der Waals surface area contributed by atoms with Gasteiger partial charge in [-0.3, -0.25) is 29.0 Å². The Kier molecular flexibility index (Phi) is 23.6. The number of unbranched alkanes of at least 4 members (excludes halogenated alkanes) is 3. The minimum absolute atomic E-state index is 0.0604. The van der Waals surface area contributed by atoms with Crippen LogP contribution in [-0.4, -0.2) is 116 Å². The largest absolute Gasteiger partial charge is 0.480 e. The second-order valence-electron chi connectivity index (χ2n) is 13.8. The van der Waals surface area contributed by atoms with Gasteiger partial charge in [0.2, 0.25) is 29.5 Å². The zero-order valence-electron chi connectivity index (χ0n) is 31.5. The minimum Gasteiger partial charge on any atom is -0.480 e. The first kappa shape index (κ1) is 47.0. The van der Waals surface area contributed by atoms with Crippen LogP contribution in [0.25, 0.3) is 0 Å². The van der Waals surface area contributed by atoms with Crippen molar-refractivity contribution in [2.24, 2.45) is 39.6 Å². The van der Waals surface area contributed by atoms with Gasteiger partial charge in [-0.2, -0.15) is 0 Å². The Labute approximate surface area is 312 Å². The molecule has 0 saturated carbocycles. The lowest BCUT2D eigenvalue weighted by molar-refractivity contribution is -0.143. The molecule has 53 heavy (non-hydrogen) atoms. The molecule has 1 fully saturated rings. The van der Waals surface area contributed by atoms with Gasteiger partial charge in [0.15, 0.2) is 5.96 Å². The molecule has 1 rings (SSSR count). The summed E-state index contributed by atoms with van der Waals surface area (Å²) in [6.45, 7) is 5.26. The SMILES string of the molecule is CC(C)[C@H](NC(=O)[C@H](CCCCN)NC(=O)[C@H](CCCN=C(N)N)NC(=O)[C@H](CCCCN)NC(=O)[C@H](CCCCN)NC(=O)[C@@H]1CCCN1)C(=O)O. The zero-order chi connectivity index (χ0) is 39.8. The fourth-order valence-corrected chi connectivity index (χ4v) is 5.82. The summed E-state index contributed by atoms with van der Waals surface area (Å²) in [6, 6.07) is -5.94. The lowest BCUT2D eigenvalue weighted by Gasteiger charge is -2.27. The summed E-state index contributed by atoms with van der Waals surface area (Å²) in [6.07, 6.45) is 5.76. The maximum Gasteiger partial charge on any atom is 0.326 e. The Hall–Kier alpha value is -4.07. The molecule has 0 radical (unpaired) electrons. The number of aliphatic carboxylic acids is 1. The van der Waals surface area contributed by atoms with Crippen molar-refractivity contribution in [1.29, 1.82) is 0 Å². The Morgan fingerprint density at radius 1 is 0.660 bits per heavy atom. The van der Waals surface area contributed by atoms with Crippen LogP contribution in [0.15, 0.2) is 4.99 Å². The number of hydrogen-bond donors (Lipinski definition) is 12. The number of amides is 5. The molecule has 0 aromatic rings. The second kappa shape index (κ2) is 26.7. The van der Waals surface area contributed by atoms with Gasteiger partial charge in [-0.1, -0.05) is 13.8 Å². The first-order chi connectivity index (χ1) is 25.2. The van der Waals surface area contributed by atoms with Gasteiger partial charge in [-0.05, 0) is 116 Å². The highest BCUT2D eigenvalue weighted by Gasteiger charge is 2.33. The van der Waals surface area contributed by atoms with Crippen LogP contribution in [0.4, 0.5) is 0 Å². The predicted octanol–water partition coefficient (Wildman–Crippen LogP) is -2.66. The molecule has 304 valence electrons. The van der Waals surface area contributed by atoms with Crippen molar-refractivity contribution >= 4 is 41.5 Å². The average molecular weight is 755 g/mol. The molecule has 19 nitrogen and oxygen atoms in total. The van der Waals surface area contributed by atoms with Gasteiger partial charge in [0.05, 0.1) is 6.04 Å². The molecule has 6 atom stereocenters. The molecule has 0 bridgehead atoms. The van der Waals surface area contributed by atoms with E-state index in [1.54, 1.807) is 13.8 Å². The van der Waals surface area contributed by atoms with Crippen LogP contribution in [0.2, 0.25) is 0 Å². The van der Waals surface area contributed by atoms with Crippen LogP contribution in [0.5, 0.6) is 0 Å². The Morgan fingerprint density at radius 3 is 1.43 bits per heavy atom. The van der Waals surface area contributed by atoms with Gasteiger partial charge in [-0.15, -0.1) is 0 Å². The number of hydrogen-bond acceptors (Lipinski definition) is 11. The Bertz CT molecular complexity index is 1180. The lowest BCUT2D eigenvalue weighted by Crippen LogP contribution is -2.59. The normalized spacial score (nSPS) is 16.8. The number of nitrogens with one attached hydrogen (secondary N) is 6. The summed E-state index contributed by atoms with van der Waals surface area (Å²) in [4.78, 5) is 83.4. The van der Waals surface area contributed by atoms with Crippen LogP contribution in [0.1, 0.15) is 97.3 Å². The van der Waals surface area contributed by atoms with E-state index < -0.39 is 71.8 Å². The second-order valence-corrected chi connectivity index (χ2v) is 13.8. The summed E-state index contributed by atoms with van der Waals surface area (Å²) in [7, 11) is 0. The smallest absolute Gasteiger partial charge is 0.326 e. The number of guanidine groups is 1. The molecule has 0 aromatic heterocycles. The minimum atomic E-state index is -1.22. The van der Waals surface area contributed by atoms with Crippen LogP contribution in [0.3, 0.4) is 0 Å². The van der Waals surface area contributed by atoms with Crippen molar-refractivity contribution in [2.45, 2.75) is 134 Å². The number of carbonyl (C=O) groups is 6. The van der Waals surface area contributed by atoms with Crippen LogP contribution in [-0.2, 0) is 28.8 Å². The summed E-state index contributed by atoms with van der Waals surface area (Å²) < 4.78 is 0. The summed E-state index contributed by atoms with van der Waals surface area (Å²) >= 11 is 0. The molecule has 19 heteroatoms. The highest BCUT2D eigenvalue weighted by Crippen LogP contribution is 2.11. The van der Waals surface area contributed by atoms with E-state index in [2.05, 4.69) is 36.9 Å². The molecule has 0 unspecified atom stereocenters. The van der Waals surface area contributed by atoms with E-state index in [0.29, 0.717) is 77.5 Å². The third kappa shape index (κ3) is 19.0. The molecule has 1 heterocycles. The third-order valence-electron chi connectivity index (χ3n) is 8.93. The van der Waals surface area contributed by atoms with Gasteiger partial charge in [0, 0.05) is 6.54 Å². The van der Waals surface area contributed by atoms with Gasteiger partial charge in [0.25, 0.3) is 0 Å². The molecule has 5 amide bonds. The lowest BCUT2D eigenvalue weighted by atomic mass is 10.0. The van der Waals surface area contributed by atoms with Crippen molar-refractivity contribution < 1.29 is 33.9 Å². The summed E-state index contributed by atoms with van der Waals surface area (Å²) in [5, 5.41) is 26.3. The third-order valence-corrected chi connectivity index (χ3v) is 8.93. The molecule has 17 N–H and O–H groups in total. The molecule has 1 saturated heterocycles. The fraction of sp³-hybridized carbons (Fsp3) is 0.794. The van der Waals surface area contributed by atoms with E-state index in [-0.39, 0.29) is 44.1 Å². The zero-order valence-corrected chi connectivity index (χ0v) is 31.5. The fourth-order valence-electron chi connectivity index (χ4n) is 5.82. The van der Waals surface area contributed by atoms with Crippen LogP contribution in [0, 0.1) is 5.92 Å². The van der Waals surface area contributed by atoms with Crippen molar-refractivity contribution in [3.05, 3.63) is 0 Å². The van der Waals surface area contributed by atoms with E-state index in [1.807, 2.05) is 0 Å². The molecule has 0 aromatic carbocycles. The van der Waals surface area contributed by atoms with E-state index in [0.717, 1.165) is 6.42 Å². The van der Waals surface area contributed by atoms with E-state index in [9.17, 15) is 33.9 Å². The maximum atomic E-state index is 13.9. The van der Waals surface area contributed by atoms with Crippen molar-refractivity contribution in [2.75, 3.05) is 32.7 Å². The topological polar surface area (TPSA) is 337 Å². The van der Waals surface area contributed by atoms with Crippen molar-refractivity contribution in [1.82, 2.24) is 31.9 Å². The first-order valence-corrected chi connectivity index (χ1v) is 18.9. The van der Waals surface area contributed by atoms with Gasteiger partial charge in [-0.25, -0.2) is 4.79 Å². The van der Waals surface area contributed by atoms with E-state index in [4.69, 9.17) is 28.7 Å².